The van der Waals surface area contributed by atoms with Crippen LogP contribution < -0.4 is 0 Å². The molecular formula is C20H19FN2O3S2. The van der Waals surface area contributed by atoms with Crippen LogP contribution in [0, 0.1) is 5.82 Å². The van der Waals surface area contributed by atoms with E-state index in [-0.39, 0.29) is 40.9 Å². The molecule has 2 atom stereocenters. The van der Waals surface area contributed by atoms with Crippen LogP contribution in [0.25, 0.3) is 0 Å². The van der Waals surface area contributed by atoms with E-state index < -0.39 is 9.84 Å². The van der Waals surface area contributed by atoms with Crippen molar-refractivity contribution in [2.75, 3.05) is 11.5 Å². The van der Waals surface area contributed by atoms with Crippen molar-refractivity contribution in [3.63, 3.8) is 0 Å². The maximum atomic E-state index is 13.2. The Morgan fingerprint density at radius 1 is 1.07 bits per heavy atom. The lowest BCUT2D eigenvalue weighted by molar-refractivity contribution is -0.117. The number of carbonyl (C=O) groups excluding carboxylic acids is 1. The smallest absolute Gasteiger partial charge is 0.252 e. The first-order valence-corrected chi connectivity index (χ1v) is 11.6. The van der Waals surface area contributed by atoms with Crippen molar-refractivity contribution in [3.05, 3.63) is 71.5 Å². The SMILES string of the molecule is O=C(Cc1ccccc1)N=C1S[C@@H]2CS(=O)(=O)C[C@@H]2N1Cc1ccc(F)cc1. The zero-order valence-corrected chi connectivity index (χ0v) is 16.6. The quantitative estimate of drug-likeness (QED) is 0.764. The predicted molar refractivity (Wildman–Crippen MR) is 108 cm³/mol. The van der Waals surface area contributed by atoms with Gasteiger partial charge in [0.2, 0.25) is 0 Å². The van der Waals surface area contributed by atoms with Gasteiger partial charge >= 0.3 is 0 Å². The number of benzene rings is 2. The number of amidine groups is 1. The number of halogens is 1. The van der Waals surface area contributed by atoms with E-state index in [2.05, 4.69) is 4.99 Å². The highest BCUT2D eigenvalue weighted by molar-refractivity contribution is 8.15. The van der Waals surface area contributed by atoms with E-state index in [9.17, 15) is 17.6 Å². The van der Waals surface area contributed by atoms with Crippen molar-refractivity contribution in [2.45, 2.75) is 24.3 Å². The van der Waals surface area contributed by atoms with Crippen molar-refractivity contribution in [1.82, 2.24) is 4.90 Å². The highest BCUT2D eigenvalue weighted by Crippen LogP contribution is 2.39. The van der Waals surface area contributed by atoms with E-state index in [4.69, 9.17) is 0 Å². The molecule has 146 valence electrons. The summed E-state index contributed by atoms with van der Waals surface area (Å²) in [6.07, 6.45) is 0.197. The third-order valence-corrected chi connectivity index (χ3v) is 8.11. The van der Waals surface area contributed by atoms with Crippen LogP contribution in [0.3, 0.4) is 0 Å². The van der Waals surface area contributed by atoms with Gasteiger partial charge in [0.1, 0.15) is 5.82 Å². The first kappa shape index (κ1) is 19.1. The molecule has 0 N–H and O–H groups in total. The number of amides is 1. The Bertz CT molecular complexity index is 1010. The van der Waals surface area contributed by atoms with Crippen molar-refractivity contribution in [3.8, 4) is 0 Å². The van der Waals surface area contributed by atoms with Crippen molar-refractivity contribution < 1.29 is 17.6 Å². The van der Waals surface area contributed by atoms with Crippen molar-refractivity contribution in [2.24, 2.45) is 4.99 Å². The first-order chi connectivity index (χ1) is 13.4. The molecule has 4 rings (SSSR count). The van der Waals surface area contributed by atoms with Crippen LogP contribution in [0.15, 0.2) is 59.6 Å². The second-order valence-corrected chi connectivity index (χ2v) is 10.4. The fraction of sp³-hybridized carbons (Fsp3) is 0.300. The molecule has 2 heterocycles. The number of rotatable bonds is 4. The van der Waals surface area contributed by atoms with Gasteiger partial charge in [-0.3, -0.25) is 4.79 Å². The predicted octanol–water partition coefficient (Wildman–Crippen LogP) is 2.67. The fourth-order valence-corrected chi connectivity index (χ4v) is 7.49. The van der Waals surface area contributed by atoms with Gasteiger partial charge in [-0.05, 0) is 23.3 Å². The normalized spacial score (nSPS) is 24.5. The zero-order valence-electron chi connectivity index (χ0n) is 15.0. The molecule has 0 aromatic heterocycles. The second-order valence-electron chi connectivity index (χ2n) is 7.01. The Morgan fingerprint density at radius 3 is 2.50 bits per heavy atom. The van der Waals surface area contributed by atoms with Crippen LogP contribution in [0.4, 0.5) is 4.39 Å². The fourth-order valence-electron chi connectivity index (χ4n) is 3.52. The molecule has 0 spiro atoms. The highest BCUT2D eigenvalue weighted by Gasteiger charge is 2.48. The molecule has 2 aromatic rings. The van der Waals surface area contributed by atoms with Gasteiger partial charge in [-0.2, -0.15) is 4.99 Å². The van der Waals surface area contributed by atoms with E-state index in [1.807, 2.05) is 35.2 Å². The second kappa shape index (κ2) is 7.67. The van der Waals surface area contributed by atoms with E-state index in [1.165, 1.54) is 23.9 Å². The summed E-state index contributed by atoms with van der Waals surface area (Å²) in [5.41, 5.74) is 1.72. The van der Waals surface area contributed by atoms with Gasteiger partial charge in [0.05, 0.1) is 24.0 Å². The number of fused-ring (bicyclic) bond motifs is 1. The van der Waals surface area contributed by atoms with Crippen LogP contribution in [0.2, 0.25) is 0 Å². The minimum absolute atomic E-state index is 0.0533. The third kappa shape index (κ3) is 4.28. The summed E-state index contributed by atoms with van der Waals surface area (Å²) in [5, 5.41) is 0.420. The van der Waals surface area contributed by atoms with Crippen LogP contribution in [-0.4, -0.2) is 47.2 Å². The van der Waals surface area contributed by atoms with E-state index in [1.54, 1.807) is 12.1 Å². The lowest BCUT2D eigenvalue weighted by Gasteiger charge is -2.24. The average molecular weight is 419 g/mol. The minimum Gasteiger partial charge on any atom is -0.342 e. The largest absolute Gasteiger partial charge is 0.342 e. The Hall–Kier alpha value is -2.19. The molecule has 5 nitrogen and oxygen atoms in total. The first-order valence-electron chi connectivity index (χ1n) is 8.93. The number of hydrogen-bond acceptors (Lipinski definition) is 4. The number of aliphatic imine (C=N–C) groups is 1. The molecular weight excluding hydrogens is 399 g/mol. The molecule has 0 radical (unpaired) electrons. The Labute approximate surface area is 167 Å². The summed E-state index contributed by atoms with van der Waals surface area (Å²) >= 11 is 1.35. The Balaban J connectivity index is 1.57. The van der Waals surface area contributed by atoms with Crippen LogP contribution in [-0.2, 0) is 27.6 Å². The van der Waals surface area contributed by atoms with Crippen LogP contribution in [0.5, 0.6) is 0 Å². The summed E-state index contributed by atoms with van der Waals surface area (Å²) in [7, 11) is -3.10. The molecule has 0 aliphatic carbocycles. The standard InChI is InChI=1S/C20H19FN2O3S2/c21-16-8-6-15(7-9-16)11-23-17-12-28(25,26)13-18(17)27-20(23)22-19(24)10-14-4-2-1-3-5-14/h1-9,17-18H,10-13H2/t17-,18+/m0/s1. The lowest BCUT2D eigenvalue weighted by Crippen LogP contribution is -2.37. The summed E-state index contributed by atoms with van der Waals surface area (Å²) in [6.45, 7) is 0.390. The molecule has 0 bridgehead atoms. The number of carbonyl (C=O) groups is 1. The minimum atomic E-state index is -3.10. The third-order valence-electron chi connectivity index (χ3n) is 4.86. The number of sulfone groups is 1. The van der Waals surface area contributed by atoms with Crippen LogP contribution in [0.1, 0.15) is 11.1 Å². The summed E-state index contributed by atoms with van der Waals surface area (Å²) in [6, 6.07) is 15.2. The zero-order chi connectivity index (χ0) is 19.7. The molecule has 2 fully saturated rings. The molecule has 0 unspecified atom stereocenters. The summed E-state index contributed by atoms with van der Waals surface area (Å²) in [5.74, 6) is -0.445. The highest BCUT2D eigenvalue weighted by atomic mass is 32.2. The van der Waals surface area contributed by atoms with Crippen molar-refractivity contribution in [1.29, 1.82) is 0 Å². The molecule has 8 heteroatoms. The molecule has 1 amide bonds. The summed E-state index contributed by atoms with van der Waals surface area (Å²) in [4.78, 5) is 18.6. The van der Waals surface area contributed by atoms with Gasteiger partial charge in [-0.15, -0.1) is 0 Å². The monoisotopic (exact) mass is 418 g/mol. The van der Waals surface area contributed by atoms with Crippen LogP contribution >= 0.6 is 11.8 Å². The topological polar surface area (TPSA) is 66.8 Å². The molecule has 2 aromatic carbocycles. The van der Waals surface area contributed by atoms with E-state index >= 15 is 0 Å². The maximum Gasteiger partial charge on any atom is 0.252 e. The van der Waals surface area contributed by atoms with Gasteiger partial charge in [-0.25, -0.2) is 12.8 Å². The van der Waals surface area contributed by atoms with Gasteiger partial charge in [0.15, 0.2) is 15.0 Å². The molecule has 28 heavy (non-hydrogen) atoms. The van der Waals surface area contributed by atoms with Gasteiger partial charge in [-0.1, -0.05) is 54.2 Å². The number of thioether (sulfide) groups is 1. The van der Waals surface area contributed by atoms with E-state index in [0.29, 0.717) is 11.7 Å². The van der Waals surface area contributed by atoms with Crippen molar-refractivity contribution >= 4 is 32.7 Å². The molecule has 2 aliphatic heterocycles. The average Bonchev–Trinajstić information content (AvgIpc) is 3.10. The Morgan fingerprint density at radius 2 is 1.79 bits per heavy atom. The lowest BCUT2D eigenvalue weighted by atomic mass is 10.1. The number of nitrogens with zero attached hydrogens (tertiary/aromatic N) is 2. The van der Waals surface area contributed by atoms with Gasteiger partial charge in [0, 0.05) is 11.8 Å². The Kier molecular flexibility index (Phi) is 5.25. The van der Waals surface area contributed by atoms with Gasteiger partial charge in [0.25, 0.3) is 5.91 Å². The maximum absolute atomic E-state index is 13.2. The number of hydrogen-bond donors (Lipinski definition) is 0. The molecule has 2 aliphatic rings. The summed E-state index contributed by atoms with van der Waals surface area (Å²) < 4.78 is 37.3. The molecule has 2 saturated heterocycles. The van der Waals surface area contributed by atoms with E-state index in [0.717, 1.165) is 11.1 Å². The van der Waals surface area contributed by atoms with Gasteiger partial charge < -0.3 is 4.90 Å². The molecule has 0 saturated carbocycles.